The standard InChI is InChI=1S/C12H12ClF3N3O2S/c1-18(8-5-3-2-4-6-8)9(20)7-21-12-17-19(16)10(13)22(12)11(14)15/h2-6,10-11H,7H2,1H3/q+1. The van der Waals surface area contributed by atoms with Crippen molar-refractivity contribution in [1.82, 2.24) is 5.23 Å². The lowest BCUT2D eigenvalue weighted by Crippen LogP contribution is -2.35. The molecule has 2 atom stereocenters. The van der Waals surface area contributed by atoms with Crippen LogP contribution in [0.25, 0.3) is 0 Å². The highest BCUT2D eigenvalue weighted by Crippen LogP contribution is 2.30. The highest BCUT2D eigenvalue weighted by molar-refractivity contribution is 8.12. The summed E-state index contributed by atoms with van der Waals surface area (Å²) in [6, 6.07) is 8.68. The first-order valence-corrected chi connectivity index (χ1v) is 7.82. The van der Waals surface area contributed by atoms with Crippen molar-refractivity contribution in [3.05, 3.63) is 30.3 Å². The molecule has 0 aliphatic carbocycles. The Kier molecular flexibility index (Phi) is 5.41. The molecule has 1 aromatic rings. The SMILES string of the molecule is CN(C(=O)COC1=NN(F)C(Cl)[S+]1C(F)F)c1ccccc1. The zero-order chi connectivity index (χ0) is 16.3. The molecule has 5 nitrogen and oxygen atoms in total. The normalized spacial score (nSPS) is 21.0. The molecule has 1 amide bonds. The van der Waals surface area contributed by atoms with Crippen LogP contribution in [-0.4, -0.2) is 40.6 Å². The largest absolute Gasteiger partial charge is 0.441 e. The van der Waals surface area contributed by atoms with Crippen molar-refractivity contribution in [3.63, 3.8) is 0 Å². The number of amides is 1. The molecule has 0 N–H and O–H groups in total. The summed E-state index contributed by atoms with van der Waals surface area (Å²) in [6.45, 7) is -0.544. The zero-order valence-electron chi connectivity index (χ0n) is 11.3. The van der Waals surface area contributed by atoms with Gasteiger partial charge in [-0.2, -0.15) is 8.78 Å². The number of hydrogen-bond donors (Lipinski definition) is 0. The van der Waals surface area contributed by atoms with E-state index in [4.69, 9.17) is 16.3 Å². The molecule has 120 valence electrons. The second kappa shape index (κ2) is 7.10. The minimum absolute atomic E-state index is 0.294. The van der Waals surface area contributed by atoms with Crippen LogP contribution < -0.4 is 4.90 Å². The molecule has 0 fully saturated rings. The predicted molar refractivity (Wildman–Crippen MR) is 79.2 cm³/mol. The van der Waals surface area contributed by atoms with Crippen molar-refractivity contribution in [1.29, 1.82) is 0 Å². The number of para-hydroxylation sites is 1. The first-order chi connectivity index (χ1) is 10.4. The topological polar surface area (TPSA) is 45.1 Å². The van der Waals surface area contributed by atoms with E-state index in [-0.39, 0.29) is 5.23 Å². The fourth-order valence-corrected chi connectivity index (χ4v) is 3.22. The molecule has 0 saturated heterocycles. The Morgan fingerprint density at radius 3 is 2.73 bits per heavy atom. The number of halogens is 4. The third-order valence-corrected chi connectivity index (χ3v) is 5.10. The number of carbonyl (C=O) groups is 1. The van der Waals surface area contributed by atoms with E-state index >= 15 is 0 Å². The molecule has 1 heterocycles. The van der Waals surface area contributed by atoms with Crippen molar-refractivity contribution >= 4 is 39.3 Å². The maximum absolute atomic E-state index is 13.1. The summed E-state index contributed by atoms with van der Waals surface area (Å²) >= 11 is 5.49. The van der Waals surface area contributed by atoms with Crippen molar-refractivity contribution < 1.29 is 22.8 Å². The van der Waals surface area contributed by atoms with Gasteiger partial charge in [0.15, 0.2) is 17.5 Å². The van der Waals surface area contributed by atoms with Gasteiger partial charge in [0.1, 0.15) is 0 Å². The number of anilines is 1. The number of hydrogen-bond acceptors (Lipinski definition) is 4. The molecule has 10 heteroatoms. The number of ether oxygens (including phenoxy) is 1. The van der Waals surface area contributed by atoms with Gasteiger partial charge < -0.3 is 9.64 Å². The Bertz CT molecular complexity index is 564. The second-order valence-electron chi connectivity index (χ2n) is 4.16. The smallest absolute Gasteiger partial charge is 0.430 e. The lowest BCUT2D eigenvalue weighted by molar-refractivity contribution is -0.120. The summed E-state index contributed by atoms with van der Waals surface area (Å²) in [5, 5.41) is 2.31. The van der Waals surface area contributed by atoms with Crippen molar-refractivity contribution in [2.75, 3.05) is 18.6 Å². The zero-order valence-corrected chi connectivity index (χ0v) is 12.9. The van der Waals surface area contributed by atoms with Gasteiger partial charge in [-0.15, -0.1) is 0 Å². The average Bonchev–Trinajstić information content (AvgIpc) is 2.80. The monoisotopic (exact) mass is 354 g/mol. The van der Waals surface area contributed by atoms with Crippen molar-refractivity contribution in [2.24, 2.45) is 5.10 Å². The van der Waals surface area contributed by atoms with E-state index in [1.54, 1.807) is 30.3 Å². The lowest BCUT2D eigenvalue weighted by atomic mass is 10.3. The third kappa shape index (κ3) is 3.58. The number of alkyl halides is 3. The molecule has 1 aliphatic heterocycles. The summed E-state index contributed by atoms with van der Waals surface area (Å²) in [4.78, 5) is 11.6. The molecule has 2 rings (SSSR count). The van der Waals surface area contributed by atoms with Crippen LogP contribution in [0.1, 0.15) is 0 Å². The van der Waals surface area contributed by atoms with E-state index in [1.165, 1.54) is 11.9 Å². The number of rotatable bonds is 4. The molecular weight excluding hydrogens is 343 g/mol. The van der Waals surface area contributed by atoms with Crippen molar-refractivity contribution in [3.8, 4) is 0 Å². The molecule has 0 spiro atoms. The van der Waals surface area contributed by atoms with E-state index in [0.717, 1.165) is 0 Å². The minimum atomic E-state index is -2.93. The van der Waals surface area contributed by atoms with Gasteiger partial charge in [0.2, 0.25) is 0 Å². The van der Waals surface area contributed by atoms with Crippen LogP contribution in [0.2, 0.25) is 0 Å². The molecule has 0 bridgehead atoms. The van der Waals surface area contributed by atoms with E-state index in [9.17, 15) is 18.1 Å². The van der Waals surface area contributed by atoms with Gasteiger partial charge in [0.05, 0.1) is 0 Å². The van der Waals surface area contributed by atoms with Gasteiger partial charge in [-0.25, -0.2) is 0 Å². The highest BCUT2D eigenvalue weighted by atomic mass is 35.5. The summed E-state index contributed by atoms with van der Waals surface area (Å²) in [5.41, 5.74) is 0.611. The molecule has 1 aromatic carbocycles. The van der Waals surface area contributed by atoms with E-state index in [1.807, 2.05) is 0 Å². The van der Waals surface area contributed by atoms with Gasteiger partial charge in [0.25, 0.3) is 5.91 Å². The summed E-state index contributed by atoms with van der Waals surface area (Å²) in [6.07, 6.45) is 0. The Hall–Kier alpha value is -1.61. The fourth-order valence-electron chi connectivity index (χ4n) is 1.62. The number of likely N-dealkylation sites (N-methyl/N-ethyl adjacent to an activating group) is 1. The second-order valence-corrected chi connectivity index (χ2v) is 6.72. The van der Waals surface area contributed by atoms with Gasteiger partial charge in [-0.3, -0.25) is 4.79 Å². The van der Waals surface area contributed by atoms with Crippen molar-refractivity contribution in [2.45, 2.75) is 10.6 Å². The number of benzene rings is 1. The van der Waals surface area contributed by atoms with Crippen LogP contribution in [0, 0.1) is 0 Å². The van der Waals surface area contributed by atoms with Crippen LogP contribution in [0.3, 0.4) is 0 Å². The van der Waals surface area contributed by atoms with Gasteiger partial charge in [-0.05, 0) is 23.7 Å². The van der Waals surface area contributed by atoms with Crippen LogP contribution in [0.15, 0.2) is 35.4 Å². The Morgan fingerprint density at radius 1 is 1.50 bits per heavy atom. The Morgan fingerprint density at radius 2 is 2.14 bits per heavy atom. The molecule has 0 radical (unpaired) electrons. The first kappa shape index (κ1) is 16.8. The van der Waals surface area contributed by atoms with Crippen LogP contribution in [0.4, 0.5) is 18.9 Å². The predicted octanol–water partition coefficient (Wildman–Crippen LogP) is 2.50. The van der Waals surface area contributed by atoms with E-state index in [0.29, 0.717) is 5.69 Å². The lowest BCUT2D eigenvalue weighted by Gasteiger charge is -2.16. The molecule has 0 saturated carbocycles. The third-order valence-electron chi connectivity index (χ3n) is 2.78. The summed E-state index contributed by atoms with van der Waals surface area (Å²) in [5.74, 6) is -3.42. The van der Waals surface area contributed by atoms with Crippen LogP contribution in [0.5, 0.6) is 0 Å². The molecule has 1 aliphatic rings. The number of nitrogens with zero attached hydrogens (tertiary/aromatic N) is 3. The maximum Gasteiger partial charge on any atom is 0.441 e. The Labute approximate surface area is 132 Å². The van der Waals surface area contributed by atoms with E-state index in [2.05, 4.69) is 5.10 Å². The Balaban J connectivity index is 1.97. The van der Waals surface area contributed by atoms with Crippen LogP contribution >= 0.6 is 11.6 Å². The fraction of sp³-hybridized carbons (Fsp3) is 0.333. The summed E-state index contributed by atoms with van der Waals surface area (Å²) in [7, 11) is -0.516. The van der Waals surface area contributed by atoms with Gasteiger partial charge in [-0.1, -0.05) is 33.0 Å². The number of carbonyl (C=O) groups excluding carboxylic acids is 1. The van der Waals surface area contributed by atoms with E-state index < -0.39 is 39.2 Å². The van der Waals surface area contributed by atoms with Gasteiger partial charge in [0, 0.05) is 12.7 Å². The van der Waals surface area contributed by atoms with Gasteiger partial charge >= 0.3 is 15.8 Å². The highest BCUT2D eigenvalue weighted by Gasteiger charge is 2.56. The molecule has 22 heavy (non-hydrogen) atoms. The maximum atomic E-state index is 13.1. The quantitative estimate of drug-likeness (QED) is 0.361. The minimum Gasteiger partial charge on any atom is -0.430 e. The number of hydrazone groups is 1. The first-order valence-electron chi connectivity index (χ1n) is 6.04. The molecule has 2 unspecified atom stereocenters. The molecular formula is C12H12ClF3N3O2S+. The summed E-state index contributed by atoms with van der Waals surface area (Å²) < 4.78 is 43.8. The van der Waals surface area contributed by atoms with Crippen LogP contribution in [-0.2, 0) is 20.4 Å². The molecule has 0 aromatic heterocycles. The average molecular weight is 355 g/mol.